The van der Waals surface area contributed by atoms with Gasteiger partial charge in [-0.25, -0.2) is 0 Å². The molecular weight excluding hydrogens is 348 g/mol. The molecule has 1 aliphatic rings. The molecule has 0 fully saturated rings. The molecular formula is C19H22N4O4. The highest BCUT2D eigenvalue weighted by Crippen LogP contribution is 2.29. The fourth-order valence-corrected chi connectivity index (χ4v) is 3.20. The topological polar surface area (TPSA) is 108 Å². The number of para-hydroxylation sites is 1. The van der Waals surface area contributed by atoms with Crippen LogP contribution in [-0.4, -0.2) is 42.2 Å². The van der Waals surface area contributed by atoms with Gasteiger partial charge in [-0.1, -0.05) is 18.2 Å². The van der Waals surface area contributed by atoms with E-state index in [1.54, 1.807) is 11.0 Å². The first-order chi connectivity index (χ1) is 13.1. The number of rotatable bonds is 7. The number of non-ortho nitro benzene ring substituents is 1. The number of aliphatic hydroxyl groups is 1. The van der Waals surface area contributed by atoms with Gasteiger partial charge in [0.1, 0.15) is 0 Å². The number of anilines is 3. The van der Waals surface area contributed by atoms with Gasteiger partial charge in [0.15, 0.2) is 0 Å². The predicted molar refractivity (Wildman–Crippen MR) is 104 cm³/mol. The molecule has 0 atom stereocenters. The van der Waals surface area contributed by atoms with Crippen LogP contribution in [0.4, 0.5) is 22.7 Å². The number of amides is 1. The molecule has 0 bridgehead atoms. The molecule has 0 aromatic heterocycles. The van der Waals surface area contributed by atoms with Crippen molar-refractivity contribution in [2.45, 2.75) is 12.8 Å². The van der Waals surface area contributed by atoms with Crippen LogP contribution in [0.25, 0.3) is 0 Å². The third kappa shape index (κ3) is 4.35. The lowest BCUT2D eigenvalue weighted by Gasteiger charge is -2.29. The quantitative estimate of drug-likeness (QED) is 0.510. The van der Waals surface area contributed by atoms with Crippen molar-refractivity contribution in [2.75, 3.05) is 41.8 Å². The number of nitrogens with one attached hydrogen (secondary N) is 2. The Hall–Kier alpha value is -3.13. The van der Waals surface area contributed by atoms with Gasteiger partial charge >= 0.3 is 0 Å². The molecule has 0 spiro atoms. The van der Waals surface area contributed by atoms with Gasteiger partial charge < -0.3 is 20.6 Å². The van der Waals surface area contributed by atoms with E-state index in [0.717, 1.165) is 24.1 Å². The van der Waals surface area contributed by atoms with Crippen LogP contribution in [0, 0.1) is 10.1 Å². The smallest absolute Gasteiger partial charge is 0.271 e. The number of aliphatic hydroxyl groups excluding tert-OH is 1. The van der Waals surface area contributed by atoms with Crippen molar-refractivity contribution < 1.29 is 14.8 Å². The molecule has 8 nitrogen and oxygen atoms in total. The van der Waals surface area contributed by atoms with Crippen molar-refractivity contribution in [1.29, 1.82) is 0 Å². The highest BCUT2D eigenvalue weighted by Gasteiger charge is 2.22. The Labute approximate surface area is 157 Å². The molecule has 1 amide bonds. The first-order valence-electron chi connectivity index (χ1n) is 8.85. The second kappa shape index (κ2) is 8.50. The molecule has 8 heteroatoms. The summed E-state index contributed by atoms with van der Waals surface area (Å²) in [5.41, 5.74) is 3.06. The fraction of sp³-hybridized carbons (Fsp3) is 0.316. The molecule has 0 saturated carbocycles. The van der Waals surface area contributed by atoms with Crippen LogP contribution >= 0.6 is 0 Å². The summed E-state index contributed by atoms with van der Waals surface area (Å²) in [4.78, 5) is 25.1. The lowest BCUT2D eigenvalue weighted by Crippen LogP contribution is -2.39. The molecule has 0 saturated heterocycles. The highest BCUT2D eigenvalue weighted by atomic mass is 16.6. The third-order valence-corrected chi connectivity index (χ3v) is 4.48. The van der Waals surface area contributed by atoms with Gasteiger partial charge in [0.05, 0.1) is 29.4 Å². The van der Waals surface area contributed by atoms with Gasteiger partial charge in [-0.15, -0.1) is 0 Å². The van der Waals surface area contributed by atoms with E-state index in [9.17, 15) is 14.9 Å². The Morgan fingerprint density at radius 1 is 1.19 bits per heavy atom. The number of benzene rings is 2. The summed E-state index contributed by atoms with van der Waals surface area (Å²) in [5.74, 6) is -0.0956. The van der Waals surface area contributed by atoms with Gasteiger partial charge in [0.25, 0.3) is 5.69 Å². The minimum atomic E-state index is -0.482. The number of nitro groups is 1. The van der Waals surface area contributed by atoms with E-state index >= 15 is 0 Å². The Bertz CT molecular complexity index is 840. The Balaban J connectivity index is 1.75. The molecule has 27 heavy (non-hydrogen) atoms. The maximum absolute atomic E-state index is 12.7. The molecule has 0 aliphatic carbocycles. The zero-order valence-electron chi connectivity index (χ0n) is 14.9. The molecule has 0 unspecified atom stereocenters. The SMILES string of the molecule is O=C(CNc1cc([N+](=O)[O-])ccc1NCCO)N1CCCc2ccccc21. The van der Waals surface area contributed by atoms with Crippen LogP contribution in [-0.2, 0) is 11.2 Å². The predicted octanol–water partition coefficient (Wildman–Crippen LogP) is 2.39. The van der Waals surface area contributed by atoms with Gasteiger partial charge in [-0.05, 0) is 30.5 Å². The summed E-state index contributed by atoms with van der Waals surface area (Å²) in [7, 11) is 0. The fourth-order valence-electron chi connectivity index (χ4n) is 3.20. The van der Waals surface area contributed by atoms with Crippen LogP contribution in [0.5, 0.6) is 0 Å². The first-order valence-corrected chi connectivity index (χ1v) is 8.85. The minimum absolute atomic E-state index is 0.0172. The van der Waals surface area contributed by atoms with E-state index in [4.69, 9.17) is 5.11 Å². The number of carbonyl (C=O) groups is 1. The molecule has 2 aromatic rings. The lowest BCUT2D eigenvalue weighted by molar-refractivity contribution is -0.384. The Morgan fingerprint density at radius 3 is 2.78 bits per heavy atom. The van der Waals surface area contributed by atoms with Crippen molar-refractivity contribution in [3.63, 3.8) is 0 Å². The van der Waals surface area contributed by atoms with Crippen LogP contribution in [0.1, 0.15) is 12.0 Å². The molecule has 3 rings (SSSR count). The molecule has 2 aromatic carbocycles. The summed E-state index contributed by atoms with van der Waals surface area (Å²) in [6.45, 7) is 0.908. The third-order valence-electron chi connectivity index (χ3n) is 4.48. The number of nitro benzene ring substituents is 1. The van der Waals surface area contributed by atoms with Crippen LogP contribution < -0.4 is 15.5 Å². The zero-order chi connectivity index (χ0) is 19.2. The van der Waals surface area contributed by atoms with Gasteiger partial charge in [-0.3, -0.25) is 14.9 Å². The van der Waals surface area contributed by atoms with E-state index in [-0.39, 0.29) is 24.7 Å². The number of nitrogens with zero attached hydrogens (tertiary/aromatic N) is 2. The highest BCUT2D eigenvalue weighted by molar-refractivity contribution is 5.97. The Morgan fingerprint density at radius 2 is 2.00 bits per heavy atom. The van der Waals surface area contributed by atoms with Gasteiger partial charge in [0.2, 0.25) is 5.91 Å². The van der Waals surface area contributed by atoms with E-state index in [0.29, 0.717) is 24.5 Å². The van der Waals surface area contributed by atoms with Crippen molar-refractivity contribution in [3.05, 3.63) is 58.1 Å². The summed E-state index contributed by atoms with van der Waals surface area (Å²) < 4.78 is 0. The second-order valence-corrected chi connectivity index (χ2v) is 6.27. The lowest BCUT2D eigenvalue weighted by atomic mass is 10.0. The average molecular weight is 370 g/mol. The summed E-state index contributed by atoms with van der Waals surface area (Å²) in [6, 6.07) is 12.2. The largest absolute Gasteiger partial charge is 0.395 e. The standard InChI is InChI=1S/C19H22N4O4/c24-11-9-20-16-8-7-15(23(26)27)12-17(16)21-13-19(25)22-10-3-5-14-4-1-2-6-18(14)22/h1-2,4,6-8,12,20-21,24H,3,5,9-11,13H2. The Kier molecular flexibility index (Phi) is 5.87. The molecule has 0 radical (unpaired) electrons. The van der Waals surface area contributed by atoms with Crippen LogP contribution in [0.15, 0.2) is 42.5 Å². The van der Waals surface area contributed by atoms with E-state index in [2.05, 4.69) is 10.6 Å². The summed E-state index contributed by atoms with van der Waals surface area (Å²) in [6.07, 6.45) is 1.86. The van der Waals surface area contributed by atoms with Crippen LogP contribution in [0.2, 0.25) is 0 Å². The van der Waals surface area contributed by atoms with Crippen molar-refractivity contribution >= 4 is 28.7 Å². The van der Waals surface area contributed by atoms with Gasteiger partial charge in [-0.2, -0.15) is 0 Å². The maximum Gasteiger partial charge on any atom is 0.271 e. The van der Waals surface area contributed by atoms with Crippen molar-refractivity contribution in [3.8, 4) is 0 Å². The van der Waals surface area contributed by atoms with Gasteiger partial charge in [0, 0.05) is 30.9 Å². The zero-order valence-corrected chi connectivity index (χ0v) is 14.9. The monoisotopic (exact) mass is 370 g/mol. The number of hydrogen-bond acceptors (Lipinski definition) is 6. The normalized spacial score (nSPS) is 13.0. The van der Waals surface area contributed by atoms with E-state index in [1.165, 1.54) is 12.1 Å². The van der Waals surface area contributed by atoms with E-state index < -0.39 is 4.92 Å². The number of hydrogen-bond donors (Lipinski definition) is 3. The van der Waals surface area contributed by atoms with Crippen LogP contribution in [0.3, 0.4) is 0 Å². The van der Waals surface area contributed by atoms with E-state index in [1.807, 2.05) is 24.3 Å². The van der Waals surface area contributed by atoms with Crippen molar-refractivity contribution in [1.82, 2.24) is 0 Å². The second-order valence-electron chi connectivity index (χ2n) is 6.27. The molecule has 142 valence electrons. The minimum Gasteiger partial charge on any atom is -0.395 e. The number of aryl methyl sites for hydroxylation is 1. The number of carbonyl (C=O) groups excluding carboxylic acids is 1. The summed E-state index contributed by atoms with van der Waals surface area (Å²) >= 11 is 0. The van der Waals surface area contributed by atoms with Crippen molar-refractivity contribution in [2.24, 2.45) is 0 Å². The maximum atomic E-state index is 12.7. The molecule has 1 heterocycles. The molecule has 1 aliphatic heterocycles. The molecule has 3 N–H and O–H groups in total. The first kappa shape index (κ1) is 18.7. The number of fused-ring (bicyclic) bond motifs is 1. The average Bonchev–Trinajstić information content (AvgIpc) is 2.70. The summed E-state index contributed by atoms with van der Waals surface area (Å²) in [5, 5.41) is 26.0.